The summed E-state index contributed by atoms with van der Waals surface area (Å²) in [6.45, 7) is 2.96. The lowest BCUT2D eigenvalue weighted by Crippen LogP contribution is -2.52. The monoisotopic (exact) mass is 652 g/mol. The van der Waals surface area contributed by atoms with Crippen LogP contribution >= 0.6 is 24.0 Å². The maximum absolute atomic E-state index is 13.6. The second-order valence-corrected chi connectivity index (χ2v) is 10.7. The number of nitrogens with zero attached hydrogens (tertiary/aromatic N) is 6. The Labute approximate surface area is 262 Å². The number of terminal acetylenes is 1. The molecule has 3 amide bonds. The molecule has 2 aliphatic heterocycles. The highest BCUT2D eigenvalue weighted by molar-refractivity contribution is 6.34. The van der Waals surface area contributed by atoms with E-state index in [1.165, 1.54) is 29.8 Å². The van der Waals surface area contributed by atoms with E-state index in [9.17, 15) is 27.6 Å². The Morgan fingerprint density at radius 2 is 1.89 bits per heavy atom. The molecule has 0 bridgehead atoms. The molecule has 0 saturated carbocycles. The van der Waals surface area contributed by atoms with Crippen LogP contribution < -0.4 is 10.6 Å². The van der Waals surface area contributed by atoms with Crippen LogP contribution in [-0.2, 0) is 24.6 Å². The van der Waals surface area contributed by atoms with Gasteiger partial charge in [-0.05, 0) is 31.2 Å². The van der Waals surface area contributed by atoms with Crippen LogP contribution in [0, 0.1) is 18.3 Å². The van der Waals surface area contributed by atoms with Crippen molar-refractivity contribution in [2.45, 2.75) is 19.1 Å². The number of hydrogen-bond acceptors (Lipinski definition) is 6. The normalized spacial score (nSPS) is 16.8. The molecule has 5 rings (SSSR count). The summed E-state index contributed by atoms with van der Waals surface area (Å²) in [6, 6.07) is 4.40. The number of imidazole rings is 1. The lowest BCUT2D eigenvalue weighted by molar-refractivity contribution is -0.141. The summed E-state index contributed by atoms with van der Waals surface area (Å²) in [6.07, 6.45) is 3.58. The first-order chi connectivity index (χ1) is 20.5. The molecule has 2 saturated heterocycles. The van der Waals surface area contributed by atoms with Gasteiger partial charge in [0, 0.05) is 51.7 Å². The zero-order valence-corrected chi connectivity index (χ0v) is 25.1. The van der Waals surface area contributed by atoms with Gasteiger partial charge < -0.3 is 25.0 Å². The van der Waals surface area contributed by atoms with Crippen LogP contribution in [0.15, 0.2) is 30.6 Å². The smallest absolute Gasteiger partial charge is 0.339 e. The summed E-state index contributed by atoms with van der Waals surface area (Å²) in [5.74, 6) is 1.16. The summed E-state index contributed by atoms with van der Waals surface area (Å²) in [5.41, 5.74) is -0.911. The van der Waals surface area contributed by atoms with Crippen molar-refractivity contribution in [1.29, 1.82) is 0 Å². The van der Waals surface area contributed by atoms with Gasteiger partial charge in [0.15, 0.2) is 11.5 Å². The van der Waals surface area contributed by atoms with Crippen LogP contribution in [0.25, 0.3) is 11.3 Å². The van der Waals surface area contributed by atoms with E-state index in [1.54, 1.807) is 9.80 Å². The zero-order valence-electron chi connectivity index (χ0n) is 23.5. The number of hydrogen-bond donors (Lipinski definition) is 2. The average Bonchev–Trinajstić information content (AvgIpc) is 3.73. The Hall–Kier alpha value is -4.06. The van der Waals surface area contributed by atoms with Gasteiger partial charge in [-0.1, -0.05) is 17.5 Å². The van der Waals surface area contributed by atoms with Crippen LogP contribution in [0.1, 0.15) is 33.1 Å². The highest BCUT2D eigenvalue weighted by Gasteiger charge is 2.38. The molecule has 2 aromatic heterocycles. The van der Waals surface area contributed by atoms with E-state index >= 15 is 0 Å². The van der Waals surface area contributed by atoms with Crippen molar-refractivity contribution in [3.05, 3.63) is 52.7 Å². The van der Waals surface area contributed by atoms with Crippen LogP contribution in [0.4, 0.5) is 18.9 Å². The number of aromatic nitrogens is 4. The second-order valence-electron chi connectivity index (χ2n) is 10.3. The fourth-order valence-corrected chi connectivity index (χ4v) is 5.50. The summed E-state index contributed by atoms with van der Waals surface area (Å²) in [4.78, 5) is 46.3. The number of carbonyl (C=O) groups excluding carboxylic acids is 3. The standard InChI is InChI=1S/C28H28ClF3N8O3.ClH/c1-3-8-40-16-20(23(36-40)28(30,31)32)22-15-34-24(37(22)2)25(41)35-18-4-5-19(21(29)13-18)27(43)39-11-9-38(10-12-39)26(42)17-6-7-33-14-17;/h1,4-5,13,15-17,33H,6-12,14H2,2H3,(H,35,41);1H/t17-;/m0./s1. The fraction of sp³-hybridized carbons (Fsp3) is 0.393. The minimum absolute atomic E-state index is 0. The van der Waals surface area contributed by atoms with Gasteiger partial charge in [0.25, 0.3) is 11.8 Å². The molecule has 0 unspecified atom stereocenters. The molecular weight excluding hydrogens is 624 g/mol. The van der Waals surface area contributed by atoms with Crippen molar-refractivity contribution in [2.24, 2.45) is 13.0 Å². The molecule has 11 nitrogen and oxygen atoms in total. The molecular formula is C28H29Cl2F3N8O3. The zero-order chi connectivity index (χ0) is 30.9. The van der Waals surface area contributed by atoms with Crippen molar-refractivity contribution in [1.82, 2.24) is 34.4 Å². The molecule has 4 heterocycles. The lowest BCUT2D eigenvalue weighted by Gasteiger charge is -2.36. The molecule has 2 N–H and O–H groups in total. The van der Waals surface area contributed by atoms with E-state index in [0.717, 1.165) is 30.0 Å². The van der Waals surface area contributed by atoms with Crippen molar-refractivity contribution in [3.63, 3.8) is 0 Å². The summed E-state index contributed by atoms with van der Waals surface area (Å²) >= 11 is 6.42. The lowest BCUT2D eigenvalue weighted by atomic mass is 10.1. The van der Waals surface area contributed by atoms with Crippen LogP contribution in [0.5, 0.6) is 0 Å². The van der Waals surface area contributed by atoms with E-state index in [0.29, 0.717) is 32.7 Å². The van der Waals surface area contributed by atoms with Gasteiger partial charge in [0.2, 0.25) is 5.91 Å². The van der Waals surface area contributed by atoms with Gasteiger partial charge in [-0.15, -0.1) is 18.8 Å². The van der Waals surface area contributed by atoms with E-state index < -0.39 is 17.8 Å². The molecule has 1 aromatic carbocycles. The quantitative estimate of drug-likeness (QED) is 0.395. The number of anilines is 1. The van der Waals surface area contributed by atoms with Crippen molar-refractivity contribution < 1.29 is 27.6 Å². The van der Waals surface area contributed by atoms with Gasteiger partial charge >= 0.3 is 6.18 Å². The highest BCUT2D eigenvalue weighted by Crippen LogP contribution is 2.36. The molecule has 234 valence electrons. The molecule has 1 atom stereocenters. The van der Waals surface area contributed by atoms with Crippen molar-refractivity contribution in [2.75, 3.05) is 44.6 Å². The van der Waals surface area contributed by atoms with E-state index in [1.807, 2.05) is 0 Å². The first-order valence-electron chi connectivity index (χ1n) is 13.5. The summed E-state index contributed by atoms with van der Waals surface area (Å²) < 4.78 is 43.1. The Bertz CT molecular complexity index is 1600. The number of nitrogens with one attached hydrogen (secondary N) is 2. The molecule has 2 aliphatic rings. The third-order valence-corrected chi connectivity index (χ3v) is 7.81. The molecule has 2 fully saturated rings. The SMILES string of the molecule is C#CCn1cc(-c2cnc(C(=O)Nc3ccc(C(=O)N4CCN(C(=O)[C@H]5CCNC5)CC4)c(Cl)c3)n2C)c(C(F)(F)F)n1.Cl. The van der Waals surface area contributed by atoms with Gasteiger partial charge in [-0.2, -0.15) is 18.3 Å². The van der Waals surface area contributed by atoms with Crippen LogP contribution in [0.3, 0.4) is 0 Å². The van der Waals surface area contributed by atoms with Crippen molar-refractivity contribution >= 4 is 47.4 Å². The maximum Gasteiger partial charge on any atom is 0.435 e. The molecule has 0 aliphatic carbocycles. The van der Waals surface area contributed by atoms with Crippen LogP contribution in [0.2, 0.25) is 5.02 Å². The number of rotatable bonds is 6. The molecule has 0 spiro atoms. The van der Waals surface area contributed by atoms with E-state index in [-0.39, 0.29) is 70.0 Å². The number of carbonyl (C=O) groups is 3. The third-order valence-electron chi connectivity index (χ3n) is 7.50. The number of piperazine rings is 1. The maximum atomic E-state index is 13.6. The predicted molar refractivity (Wildman–Crippen MR) is 158 cm³/mol. The Balaban J connectivity index is 0.00000442. The molecule has 0 radical (unpaired) electrons. The summed E-state index contributed by atoms with van der Waals surface area (Å²) in [5, 5.41) is 9.46. The largest absolute Gasteiger partial charge is 0.435 e. The van der Waals surface area contributed by atoms with Gasteiger partial charge in [0.1, 0.15) is 6.54 Å². The number of benzene rings is 1. The summed E-state index contributed by atoms with van der Waals surface area (Å²) in [7, 11) is 1.41. The number of amides is 3. The third kappa shape index (κ3) is 6.69. The second kappa shape index (κ2) is 13.3. The molecule has 44 heavy (non-hydrogen) atoms. The average molecular weight is 653 g/mol. The topological polar surface area (TPSA) is 117 Å². The minimum Gasteiger partial charge on any atom is -0.339 e. The molecule has 3 aromatic rings. The Morgan fingerprint density at radius 3 is 2.50 bits per heavy atom. The van der Waals surface area contributed by atoms with Gasteiger partial charge in [-0.25, -0.2) is 4.98 Å². The van der Waals surface area contributed by atoms with Gasteiger partial charge in [0.05, 0.1) is 34.0 Å². The first kappa shape index (κ1) is 32.8. The Kier molecular flexibility index (Phi) is 9.92. The minimum atomic E-state index is -4.75. The fourth-order valence-electron chi connectivity index (χ4n) is 5.24. The number of alkyl halides is 3. The molecule has 16 heteroatoms. The highest BCUT2D eigenvalue weighted by atomic mass is 35.5. The first-order valence-corrected chi connectivity index (χ1v) is 13.9. The van der Waals surface area contributed by atoms with Crippen LogP contribution in [-0.4, -0.2) is 86.1 Å². The predicted octanol–water partition coefficient (Wildman–Crippen LogP) is 3.16. The van der Waals surface area contributed by atoms with Crippen molar-refractivity contribution in [3.8, 4) is 23.6 Å². The number of halogens is 5. The van der Waals surface area contributed by atoms with E-state index in [2.05, 4.69) is 26.6 Å². The van der Waals surface area contributed by atoms with Gasteiger partial charge in [-0.3, -0.25) is 19.1 Å². The van der Waals surface area contributed by atoms with E-state index in [4.69, 9.17) is 18.0 Å². The Morgan fingerprint density at radius 1 is 1.18 bits per heavy atom.